The summed E-state index contributed by atoms with van der Waals surface area (Å²) in [6, 6.07) is 18.1. The van der Waals surface area contributed by atoms with Crippen LogP contribution in [0.1, 0.15) is 16.7 Å². The lowest BCUT2D eigenvalue weighted by atomic mass is 10.1. The number of amides is 1. The molecule has 33 heavy (non-hydrogen) atoms. The molecule has 2 aliphatic heterocycles. The van der Waals surface area contributed by atoms with Crippen molar-refractivity contribution >= 4 is 11.7 Å². The number of carbonyl (C=O) groups is 1. The maximum Gasteiger partial charge on any atom is 0.239 e. The van der Waals surface area contributed by atoms with E-state index in [1.165, 1.54) is 17.3 Å². The predicted octanol–water partition coefficient (Wildman–Crippen LogP) is 2.44. The van der Waals surface area contributed by atoms with Crippen molar-refractivity contribution in [3.05, 3.63) is 71.4 Å². The monoisotopic (exact) mass is 442 g/mol. The molecule has 2 aromatic carbocycles. The molecule has 0 radical (unpaired) electrons. The van der Waals surface area contributed by atoms with Gasteiger partial charge in [0.05, 0.1) is 25.0 Å². The summed E-state index contributed by atoms with van der Waals surface area (Å²) in [5.74, 6) is 1.28. The molecule has 168 valence electrons. The van der Waals surface area contributed by atoms with Crippen LogP contribution in [-0.4, -0.2) is 64.8 Å². The fraction of sp³-hybridized carbons (Fsp3) is 0.320. The van der Waals surface area contributed by atoms with Crippen molar-refractivity contribution in [2.24, 2.45) is 0 Å². The van der Waals surface area contributed by atoms with Gasteiger partial charge in [0.25, 0.3) is 0 Å². The maximum absolute atomic E-state index is 12.8. The van der Waals surface area contributed by atoms with Gasteiger partial charge in [-0.2, -0.15) is 10.4 Å². The molecule has 8 heteroatoms. The van der Waals surface area contributed by atoms with Gasteiger partial charge in [0.15, 0.2) is 5.82 Å². The zero-order chi connectivity index (χ0) is 22.6. The standard InChI is InChI=1S/C25H26N6O2/c26-15-21-16-27-31(22-4-2-1-3-5-22)25(21)28-24(32)18-30-11-9-29(10-12-30)17-19-6-7-23-20(14-19)8-13-33-23/h1-7,14,16H,8-13,17-18H2,(H,28,32). The Morgan fingerprint density at radius 2 is 1.88 bits per heavy atom. The van der Waals surface area contributed by atoms with Crippen LogP contribution in [0.15, 0.2) is 54.7 Å². The molecule has 3 aromatic rings. The predicted molar refractivity (Wildman–Crippen MR) is 124 cm³/mol. The molecule has 0 spiro atoms. The van der Waals surface area contributed by atoms with E-state index >= 15 is 0 Å². The first-order valence-electron chi connectivity index (χ1n) is 11.2. The van der Waals surface area contributed by atoms with Crippen molar-refractivity contribution in [1.82, 2.24) is 19.6 Å². The summed E-state index contributed by atoms with van der Waals surface area (Å²) in [5, 5.41) is 16.6. The van der Waals surface area contributed by atoms with Gasteiger partial charge in [0.1, 0.15) is 17.4 Å². The van der Waals surface area contributed by atoms with E-state index in [1.807, 2.05) is 30.3 Å². The molecule has 0 aliphatic carbocycles. The first kappa shape index (κ1) is 21.2. The maximum atomic E-state index is 12.8. The summed E-state index contributed by atoms with van der Waals surface area (Å²) in [4.78, 5) is 17.4. The van der Waals surface area contributed by atoms with Crippen molar-refractivity contribution in [2.45, 2.75) is 13.0 Å². The molecule has 0 bridgehead atoms. The molecule has 8 nitrogen and oxygen atoms in total. The molecule has 5 rings (SSSR count). The highest BCUT2D eigenvalue weighted by Gasteiger charge is 2.22. The molecule has 1 fully saturated rings. The van der Waals surface area contributed by atoms with E-state index in [2.05, 4.69) is 44.5 Å². The topological polar surface area (TPSA) is 86.4 Å². The lowest BCUT2D eigenvalue weighted by Crippen LogP contribution is -2.48. The molecule has 3 heterocycles. The Balaban J connectivity index is 1.16. The van der Waals surface area contributed by atoms with Crippen molar-refractivity contribution in [3.8, 4) is 17.5 Å². The molecular weight excluding hydrogens is 416 g/mol. The fourth-order valence-corrected chi connectivity index (χ4v) is 4.39. The molecule has 0 atom stereocenters. The first-order valence-corrected chi connectivity index (χ1v) is 11.2. The number of aromatic nitrogens is 2. The minimum Gasteiger partial charge on any atom is -0.493 e. The van der Waals surface area contributed by atoms with Crippen LogP contribution in [-0.2, 0) is 17.8 Å². The van der Waals surface area contributed by atoms with Crippen LogP contribution in [0.25, 0.3) is 5.69 Å². The summed E-state index contributed by atoms with van der Waals surface area (Å²) in [6.45, 7) is 5.44. The average Bonchev–Trinajstić information content (AvgIpc) is 3.47. The second-order valence-electron chi connectivity index (χ2n) is 8.41. The highest BCUT2D eigenvalue weighted by atomic mass is 16.5. The van der Waals surface area contributed by atoms with Crippen LogP contribution in [0.3, 0.4) is 0 Å². The zero-order valence-electron chi connectivity index (χ0n) is 18.4. The first-order chi connectivity index (χ1) is 16.2. The number of rotatable bonds is 6. The third kappa shape index (κ3) is 4.75. The number of hydrogen-bond donors (Lipinski definition) is 1. The number of nitrogens with one attached hydrogen (secondary N) is 1. The van der Waals surface area contributed by atoms with Crippen LogP contribution in [0.4, 0.5) is 5.82 Å². The van der Waals surface area contributed by atoms with Crippen molar-refractivity contribution in [1.29, 1.82) is 5.26 Å². The molecule has 0 saturated carbocycles. The zero-order valence-corrected chi connectivity index (χ0v) is 18.4. The molecule has 1 saturated heterocycles. The number of carbonyl (C=O) groups excluding carboxylic acids is 1. The van der Waals surface area contributed by atoms with Gasteiger partial charge in [-0.3, -0.25) is 14.6 Å². The van der Waals surface area contributed by atoms with E-state index in [9.17, 15) is 10.1 Å². The SMILES string of the molecule is N#Cc1cnn(-c2ccccc2)c1NC(=O)CN1CCN(Cc2ccc3c(c2)CCO3)CC1. The van der Waals surface area contributed by atoms with Crippen LogP contribution in [0.5, 0.6) is 5.75 Å². The number of ether oxygens (including phenoxy) is 1. The smallest absolute Gasteiger partial charge is 0.239 e. The Morgan fingerprint density at radius 3 is 2.67 bits per heavy atom. The Bertz CT molecular complexity index is 1180. The lowest BCUT2D eigenvalue weighted by molar-refractivity contribution is -0.117. The number of para-hydroxylation sites is 1. The molecule has 1 amide bonds. The van der Waals surface area contributed by atoms with E-state index in [0.717, 1.165) is 57.2 Å². The minimum atomic E-state index is -0.142. The number of fused-ring (bicyclic) bond motifs is 1. The number of hydrogen-bond acceptors (Lipinski definition) is 6. The Kier molecular flexibility index (Phi) is 6.07. The summed E-state index contributed by atoms with van der Waals surface area (Å²) in [7, 11) is 0. The Labute approximate surface area is 193 Å². The molecule has 2 aliphatic rings. The second-order valence-corrected chi connectivity index (χ2v) is 8.41. The van der Waals surface area contributed by atoms with Crippen molar-refractivity contribution < 1.29 is 9.53 Å². The number of nitrogens with zero attached hydrogens (tertiary/aromatic N) is 5. The van der Waals surface area contributed by atoms with Gasteiger partial charge in [-0.05, 0) is 29.3 Å². The average molecular weight is 443 g/mol. The highest BCUT2D eigenvalue weighted by Crippen LogP contribution is 2.26. The van der Waals surface area contributed by atoms with E-state index in [-0.39, 0.29) is 12.5 Å². The Morgan fingerprint density at radius 1 is 1.09 bits per heavy atom. The summed E-state index contributed by atoms with van der Waals surface area (Å²) >= 11 is 0. The number of benzene rings is 2. The second kappa shape index (κ2) is 9.45. The van der Waals surface area contributed by atoms with Gasteiger partial charge in [0, 0.05) is 39.1 Å². The van der Waals surface area contributed by atoms with Crippen LogP contribution >= 0.6 is 0 Å². The van der Waals surface area contributed by atoms with Gasteiger partial charge in [-0.1, -0.05) is 30.3 Å². The van der Waals surface area contributed by atoms with Crippen LogP contribution < -0.4 is 10.1 Å². The van der Waals surface area contributed by atoms with Crippen molar-refractivity contribution in [2.75, 3.05) is 44.6 Å². The molecule has 1 aromatic heterocycles. The quantitative estimate of drug-likeness (QED) is 0.631. The third-order valence-corrected chi connectivity index (χ3v) is 6.14. The van der Waals surface area contributed by atoms with E-state index in [1.54, 1.807) is 4.68 Å². The van der Waals surface area contributed by atoms with Crippen LogP contribution in [0, 0.1) is 11.3 Å². The van der Waals surface area contributed by atoms with E-state index in [0.29, 0.717) is 11.4 Å². The molecular formula is C25H26N6O2. The van der Waals surface area contributed by atoms with Gasteiger partial charge < -0.3 is 10.1 Å². The third-order valence-electron chi connectivity index (χ3n) is 6.14. The van der Waals surface area contributed by atoms with Crippen molar-refractivity contribution in [3.63, 3.8) is 0 Å². The fourth-order valence-electron chi connectivity index (χ4n) is 4.39. The summed E-state index contributed by atoms with van der Waals surface area (Å²) < 4.78 is 7.19. The van der Waals surface area contributed by atoms with Gasteiger partial charge in [-0.15, -0.1) is 0 Å². The van der Waals surface area contributed by atoms with Gasteiger partial charge >= 0.3 is 0 Å². The molecule has 1 N–H and O–H groups in total. The number of nitriles is 1. The summed E-state index contributed by atoms with van der Waals surface area (Å²) in [6.07, 6.45) is 2.47. The minimum absolute atomic E-state index is 0.142. The molecule has 0 unspecified atom stereocenters. The van der Waals surface area contributed by atoms with E-state index in [4.69, 9.17) is 4.74 Å². The van der Waals surface area contributed by atoms with Crippen LogP contribution in [0.2, 0.25) is 0 Å². The normalized spacial score (nSPS) is 16.1. The number of anilines is 1. The number of piperazine rings is 1. The lowest BCUT2D eigenvalue weighted by Gasteiger charge is -2.34. The highest BCUT2D eigenvalue weighted by molar-refractivity contribution is 5.93. The van der Waals surface area contributed by atoms with Gasteiger partial charge in [0.2, 0.25) is 5.91 Å². The summed E-state index contributed by atoms with van der Waals surface area (Å²) in [5.41, 5.74) is 3.75. The van der Waals surface area contributed by atoms with E-state index < -0.39 is 0 Å². The van der Waals surface area contributed by atoms with Gasteiger partial charge in [-0.25, -0.2) is 4.68 Å². The largest absolute Gasteiger partial charge is 0.493 e. The Hall–Kier alpha value is -3.67.